The summed E-state index contributed by atoms with van der Waals surface area (Å²) in [7, 11) is 0. The first-order valence-electron chi connectivity index (χ1n) is 5.20. The zero-order chi connectivity index (χ0) is 12.4. The summed E-state index contributed by atoms with van der Waals surface area (Å²) in [6.45, 7) is 14.4. The number of hydrogen-bond acceptors (Lipinski definition) is 1. The van der Waals surface area contributed by atoms with Crippen LogP contribution < -0.4 is 0 Å². The summed E-state index contributed by atoms with van der Waals surface area (Å²) < 4.78 is 1.53. The number of rotatable bonds is 0. The number of hydrogen-bond donors (Lipinski definition) is 0. The second-order valence-corrected chi connectivity index (χ2v) is 5.56. The Morgan fingerprint density at radius 3 is 1.47 bits per heavy atom. The average Bonchev–Trinajstić information content (AvgIpc) is 2.21. The normalized spacial score (nSPS) is 18.8. The fraction of sp³-hybridized carbons (Fsp3) is 0.615. The van der Waals surface area contributed by atoms with Gasteiger partial charge in [-0.3, -0.25) is 0 Å². The van der Waals surface area contributed by atoms with Gasteiger partial charge in [-0.15, -0.1) is 0 Å². The molecular weight excluding hydrogens is 220 g/mol. The quantitative estimate of drug-likeness (QED) is 0.590. The Kier molecular flexibility index (Phi) is 5.22. The second-order valence-electron chi connectivity index (χ2n) is 4.78. The first-order chi connectivity index (χ1) is 6.62. The molecule has 0 aliphatic heterocycles. The van der Waals surface area contributed by atoms with Crippen molar-refractivity contribution in [1.29, 1.82) is 0 Å². The summed E-state index contributed by atoms with van der Waals surface area (Å²) >= 11 is 2.25. The molecule has 1 nitrogen and oxygen atoms in total. The summed E-state index contributed by atoms with van der Waals surface area (Å²) in [5.74, 6) is 0.167. The molecule has 1 rings (SSSR count). The van der Waals surface area contributed by atoms with Crippen molar-refractivity contribution >= 4 is 5.78 Å². The molecule has 15 heavy (non-hydrogen) atoms. The molecule has 0 aromatic heterocycles. The van der Waals surface area contributed by atoms with Crippen LogP contribution in [0.1, 0.15) is 48.5 Å². The molecule has 0 saturated carbocycles. The fourth-order valence-electron chi connectivity index (χ4n) is 1.59. The van der Waals surface area contributed by atoms with E-state index in [0.717, 1.165) is 0 Å². The maximum atomic E-state index is 9.44. The van der Waals surface area contributed by atoms with Crippen molar-refractivity contribution in [3.63, 3.8) is 0 Å². The van der Waals surface area contributed by atoms with Crippen LogP contribution in [0, 0.1) is 5.41 Å². The van der Waals surface area contributed by atoms with Gasteiger partial charge in [0.1, 0.15) is 5.78 Å². The Morgan fingerprint density at radius 1 is 1.07 bits per heavy atom. The van der Waals surface area contributed by atoms with Crippen molar-refractivity contribution in [2.75, 3.05) is 0 Å². The molecular formula is C13H21OTi. The molecule has 0 spiro atoms. The molecule has 0 radical (unpaired) electrons. The maximum absolute atomic E-state index is 9.44. The summed E-state index contributed by atoms with van der Waals surface area (Å²) in [4.78, 5) is 9.44. The summed E-state index contributed by atoms with van der Waals surface area (Å²) in [5, 5.41) is 0. The summed E-state index contributed by atoms with van der Waals surface area (Å²) in [6.07, 6.45) is 0. The van der Waals surface area contributed by atoms with Crippen molar-refractivity contribution in [2.24, 2.45) is 5.41 Å². The molecule has 2 heteroatoms. The molecule has 0 bridgehead atoms. The first kappa shape index (κ1) is 14.9. The van der Waals surface area contributed by atoms with Gasteiger partial charge in [-0.1, -0.05) is 0 Å². The Bertz CT molecular complexity index is 302. The van der Waals surface area contributed by atoms with E-state index < -0.39 is 0 Å². The van der Waals surface area contributed by atoms with E-state index in [9.17, 15) is 4.79 Å². The third-order valence-corrected chi connectivity index (χ3v) is 4.62. The molecule has 0 N–H and O–H groups in total. The van der Waals surface area contributed by atoms with E-state index in [1.165, 1.54) is 34.4 Å². The van der Waals surface area contributed by atoms with Crippen LogP contribution in [0.25, 0.3) is 0 Å². The van der Waals surface area contributed by atoms with Crippen molar-refractivity contribution in [3.8, 4) is 0 Å². The van der Waals surface area contributed by atoms with Crippen molar-refractivity contribution < 1.29 is 25.2 Å². The van der Waals surface area contributed by atoms with E-state index in [1.807, 2.05) is 0 Å². The van der Waals surface area contributed by atoms with Gasteiger partial charge in [-0.25, -0.2) is 0 Å². The molecule has 0 heterocycles. The van der Waals surface area contributed by atoms with Crippen LogP contribution in [0.4, 0.5) is 0 Å². The predicted octanol–water partition coefficient (Wildman–Crippen LogP) is 3.78. The average molecular weight is 241 g/mol. The topological polar surface area (TPSA) is 17.1 Å². The van der Waals surface area contributed by atoms with Crippen LogP contribution in [-0.4, -0.2) is 5.78 Å². The van der Waals surface area contributed by atoms with Crippen LogP contribution in [0.5, 0.6) is 0 Å². The van der Waals surface area contributed by atoms with Gasteiger partial charge in [0.15, 0.2) is 0 Å². The van der Waals surface area contributed by atoms with Gasteiger partial charge in [0.05, 0.1) is 0 Å². The van der Waals surface area contributed by atoms with Gasteiger partial charge >= 0.3 is 81.1 Å². The number of carbonyl (C=O) groups excluding carboxylic acids is 1. The predicted molar refractivity (Wildman–Crippen MR) is 61.2 cm³/mol. The molecule has 83 valence electrons. The molecule has 0 saturated heterocycles. The standard InChI is InChI=1S/C10H15.C3H6O.Ti/c1-7-6-10(4,5)9(3)8(7)2;1-3(2)4;/h1-5H3;1-2H3;. The van der Waals surface area contributed by atoms with Gasteiger partial charge in [0, 0.05) is 0 Å². The Labute approximate surface area is 105 Å². The minimum atomic E-state index is 0.167. The zero-order valence-electron chi connectivity index (χ0n) is 10.9. The van der Waals surface area contributed by atoms with E-state index in [-0.39, 0.29) is 5.78 Å². The van der Waals surface area contributed by atoms with Gasteiger partial charge < -0.3 is 4.79 Å². The molecule has 0 atom stereocenters. The Hall–Kier alpha value is -0.136. The van der Waals surface area contributed by atoms with Crippen molar-refractivity contribution in [2.45, 2.75) is 48.5 Å². The van der Waals surface area contributed by atoms with Crippen LogP contribution in [0.2, 0.25) is 0 Å². The van der Waals surface area contributed by atoms with Gasteiger partial charge in [-0.05, 0) is 13.8 Å². The van der Waals surface area contributed by atoms with Crippen LogP contribution in [-0.2, 0) is 25.2 Å². The van der Waals surface area contributed by atoms with Crippen LogP contribution in [0.15, 0.2) is 20.6 Å². The van der Waals surface area contributed by atoms with E-state index in [0.29, 0.717) is 5.41 Å². The van der Waals surface area contributed by atoms with Gasteiger partial charge in [0.2, 0.25) is 0 Å². The van der Waals surface area contributed by atoms with Gasteiger partial charge in [-0.2, -0.15) is 0 Å². The molecule has 0 fully saturated rings. The Balaban J connectivity index is 0.000000423. The van der Waals surface area contributed by atoms with Crippen molar-refractivity contribution in [3.05, 3.63) is 20.6 Å². The molecule has 0 aromatic carbocycles. The van der Waals surface area contributed by atoms with Gasteiger partial charge in [0.25, 0.3) is 0 Å². The van der Waals surface area contributed by atoms with Crippen LogP contribution in [0.3, 0.4) is 0 Å². The molecule has 1 aliphatic carbocycles. The van der Waals surface area contributed by atoms with Crippen LogP contribution >= 0.6 is 0 Å². The third kappa shape index (κ3) is 3.43. The third-order valence-electron chi connectivity index (χ3n) is 3.06. The molecule has 1 aliphatic rings. The van der Waals surface area contributed by atoms with E-state index in [2.05, 4.69) is 55.1 Å². The van der Waals surface area contributed by atoms with E-state index in [4.69, 9.17) is 0 Å². The second kappa shape index (κ2) is 5.27. The Morgan fingerprint density at radius 2 is 1.40 bits per heavy atom. The number of allylic oxidation sites excluding steroid dienone is 4. The number of carbonyl (C=O) groups is 1. The summed E-state index contributed by atoms with van der Waals surface area (Å²) in [6, 6.07) is 0. The minimum absolute atomic E-state index is 0.167. The number of Topliss-reactive ketones (excluding diaryl/α,β-unsaturated/α-hetero) is 1. The SMILES string of the molecule is CC(C)=O.CC1=C(C)C(C)(C)[C]([Ti])=C1C. The van der Waals surface area contributed by atoms with Crippen molar-refractivity contribution in [1.82, 2.24) is 0 Å². The number of ketones is 1. The van der Waals surface area contributed by atoms with E-state index >= 15 is 0 Å². The molecule has 0 aromatic rings. The first-order valence-corrected chi connectivity index (χ1v) is 5.98. The molecule has 0 unspecified atom stereocenters. The summed E-state index contributed by atoms with van der Waals surface area (Å²) in [5.41, 5.74) is 4.83. The fourth-order valence-corrected chi connectivity index (χ4v) is 2.18. The van der Waals surface area contributed by atoms with E-state index in [1.54, 1.807) is 0 Å². The monoisotopic (exact) mass is 241 g/mol. The zero-order valence-corrected chi connectivity index (χ0v) is 12.5. The molecule has 0 amide bonds.